The third-order valence-electron chi connectivity index (χ3n) is 3.99. The molecular formula is C22H21NO4. The maximum absolute atomic E-state index is 12.5. The molecule has 3 aromatic carbocycles. The quantitative estimate of drug-likeness (QED) is 0.670. The smallest absolute Gasteiger partial charge is 0.255 e. The molecule has 0 bridgehead atoms. The highest BCUT2D eigenvalue weighted by atomic mass is 16.5. The van der Waals surface area contributed by atoms with Gasteiger partial charge >= 0.3 is 0 Å². The maximum Gasteiger partial charge on any atom is 0.255 e. The number of methoxy groups -OCH3 is 2. The van der Waals surface area contributed by atoms with E-state index in [1.54, 1.807) is 44.6 Å². The van der Waals surface area contributed by atoms with E-state index >= 15 is 0 Å². The summed E-state index contributed by atoms with van der Waals surface area (Å²) < 4.78 is 16.4. The van der Waals surface area contributed by atoms with Gasteiger partial charge in [-0.25, -0.2) is 0 Å². The van der Waals surface area contributed by atoms with E-state index in [0.29, 0.717) is 35.1 Å². The number of hydrogen-bond donors (Lipinski definition) is 1. The van der Waals surface area contributed by atoms with Crippen LogP contribution in [0, 0.1) is 0 Å². The molecule has 0 fully saturated rings. The van der Waals surface area contributed by atoms with E-state index in [4.69, 9.17) is 14.2 Å². The van der Waals surface area contributed by atoms with Crippen LogP contribution in [0.25, 0.3) is 0 Å². The molecule has 0 aliphatic carbocycles. The first kappa shape index (κ1) is 18.3. The van der Waals surface area contributed by atoms with Crippen LogP contribution in [0.5, 0.6) is 17.2 Å². The van der Waals surface area contributed by atoms with Crippen LogP contribution < -0.4 is 19.5 Å². The van der Waals surface area contributed by atoms with Gasteiger partial charge in [0.1, 0.15) is 12.4 Å². The SMILES string of the molecule is COc1cccc(NC(=O)c2ccc(OCc3ccccc3)c(OC)c2)c1. The molecule has 27 heavy (non-hydrogen) atoms. The zero-order chi connectivity index (χ0) is 19.1. The molecule has 0 saturated carbocycles. The molecule has 1 N–H and O–H groups in total. The fraction of sp³-hybridized carbons (Fsp3) is 0.136. The second-order valence-corrected chi connectivity index (χ2v) is 5.83. The second kappa shape index (κ2) is 8.76. The average Bonchev–Trinajstić information content (AvgIpc) is 2.73. The lowest BCUT2D eigenvalue weighted by atomic mass is 10.1. The van der Waals surface area contributed by atoms with Crippen LogP contribution in [-0.4, -0.2) is 20.1 Å². The third-order valence-corrected chi connectivity index (χ3v) is 3.99. The predicted molar refractivity (Wildman–Crippen MR) is 105 cm³/mol. The zero-order valence-corrected chi connectivity index (χ0v) is 15.3. The molecule has 3 aromatic rings. The molecule has 0 aliphatic heterocycles. The maximum atomic E-state index is 12.5. The van der Waals surface area contributed by atoms with Gasteiger partial charge in [-0.15, -0.1) is 0 Å². The van der Waals surface area contributed by atoms with Crippen LogP contribution in [0.4, 0.5) is 5.69 Å². The minimum atomic E-state index is -0.240. The van der Waals surface area contributed by atoms with Crippen LogP contribution in [0.3, 0.4) is 0 Å². The normalized spacial score (nSPS) is 10.1. The van der Waals surface area contributed by atoms with Crippen LogP contribution in [0.2, 0.25) is 0 Å². The Morgan fingerprint density at radius 3 is 2.41 bits per heavy atom. The number of carbonyl (C=O) groups excluding carboxylic acids is 1. The van der Waals surface area contributed by atoms with Gasteiger partial charge in [0.2, 0.25) is 0 Å². The van der Waals surface area contributed by atoms with Crippen LogP contribution >= 0.6 is 0 Å². The Kier molecular flexibility index (Phi) is 5.94. The summed E-state index contributed by atoms with van der Waals surface area (Å²) in [6.07, 6.45) is 0. The Hall–Kier alpha value is -3.47. The topological polar surface area (TPSA) is 56.8 Å². The van der Waals surface area contributed by atoms with E-state index in [1.807, 2.05) is 42.5 Å². The summed E-state index contributed by atoms with van der Waals surface area (Å²) in [5.41, 5.74) is 2.18. The molecule has 0 spiro atoms. The van der Waals surface area contributed by atoms with Gasteiger partial charge < -0.3 is 19.5 Å². The number of rotatable bonds is 7. The van der Waals surface area contributed by atoms with Crippen molar-refractivity contribution < 1.29 is 19.0 Å². The minimum Gasteiger partial charge on any atom is -0.497 e. The minimum absolute atomic E-state index is 0.240. The van der Waals surface area contributed by atoms with Gasteiger partial charge in [-0.2, -0.15) is 0 Å². The number of ether oxygens (including phenoxy) is 3. The summed E-state index contributed by atoms with van der Waals surface area (Å²) >= 11 is 0. The van der Waals surface area contributed by atoms with E-state index in [0.717, 1.165) is 5.56 Å². The molecular weight excluding hydrogens is 342 g/mol. The largest absolute Gasteiger partial charge is 0.497 e. The molecule has 0 atom stereocenters. The molecule has 138 valence electrons. The van der Waals surface area contributed by atoms with Crippen molar-refractivity contribution in [2.75, 3.05) is 19.5 Å². The second-order valence-electron chi connectivity index (χ2n) is 5.83. The number of nitrogens with one attached hydrogen (secondary N) is 1. The number of benzene rings is 3. The molecule has 0 aliphatic rings. The number of carbonyl (C=O) groups is 1. The third kappa shape index (κ3) is 4.79. The summed E-state index contributed by atoms with van der Waals surface area (Å²) in [5, 5.41) is 2.85. The Morgan fingerprint density at radius 1 is 0.852 bits per heavy atom. The van der Waals surface area contributed by atoms with Crippen LogP contribution in [0.1, 0.15) is 15.9 Å². The fourth-order valence-electron chi connectivity index (χ4n) is 2.57. The van der Waals surface area contributed by atoms with E-state index in [2.05, 4.69) is 5.32 Å². The van der Waals surface area contributed by atoms with E-state index in [1.165, 1.54) is 0 Å². The molecule has 0 heterocycles. The lowest BCUT2D eigenvalue weighted by molar-refractivity contribution is 0.102. The van der Waals surface area contributed by atoms with Crippen molar-refractivity contribution in [3.05, 3.63) is 83.9 Å². The first-order valence-corrected chi connectivity index (χ1v) is 8.50. The van der Waals surface area contributed by atoms with Crippen molar-refractivity contribution in [2.24, 2.45) is 0 Å². The lowest BCUT2D eigenvalue weighted by Crippen LogP contribution is -2.12. The van der Waals surface area contributed by atoms with E-state index in [-0.39, 0.29) is 5.91 Å². The molecule has 1 amide bonds. The first-order valence-electron chi connectivity index (χ1n) is 8.50. The van der Waals surface area contributed by atoms with Gasteiger partial charge in [-0.1, -0.05) is 36.4 Å². The van der Waals surface area contributed by atoms with Gasteiger partial charge in [-0.3, -0.25) is 4.79 Å². The molecule has 3 rings (SSSR count). The summed E-state index contributed by atoms with van der Waals surface area (Å²) in [5.74, 6) is 1.52. The lowest BCUT2D eigenvalue weighted by Gasteiger charge is -2.13. The summed E-state index contributed by atoms with van der Waals surface area (Å²) in [6.45, 7) is 0.423. The number of amides is 1. The van der Waals surface area contributed by atoms with Gasteiger partial charge in [0.15, 0.2) is 11.5 Å². The number of hydrogen-bond acceptors (Lipinski definition) is 4. The standard InChI is InChI=1S/C22H21NO4/c1-25-19-10-6-9-18(14-19)23-22(24)17-11-12-20(21(13-17)26-2)27-15-16-7-4-3-5-8-16/h3-14H,15H2,1-2H3,(H,23,24). The van der Waals surface area contributed by atoms with Crippen LogP contribution in [0.15, 0.2) is 72.8 Å². The highest BCUT2D eigenvalue weighted by molar-refractivity contribution is 6.04. The summed E-state index contributed by atoms with van der Waals surface area (Å²) in [7, 11) is 3.13. The summed E-state index contributed by atoms with van der Waals surface area (Å²) in [6, 6.07) is 22.2. The van der Waals surface area contributed by atoms with Gasteiger partial charge in [0, 0.05) is 17.3 Å². The van der Waals surface area contributed by atoms with Crippen molar-refractivity contribution in [3.8, 4) is 17.2 Å². The Bertz CT molecular complexity index is 909. The van der Waals surface area contributed by atoms with Gasteiger partial charge in [0.25, 0.3) is 5.91 Å². The van der Waals surface area contributed by atoms with Crippen molar-refractivity contribution >= 4 is 11.6 Å². The molecule has 5 nitrogen and oxygen atoms in total. The van der Waals surface area contributed by atoms with E-state index in [9.17, 15) is 4.79 Å². The molecule has 0 aromatic heterocycles. The summed E-state index contributed by atoms with van der Waals surface area (Å²) in [4.78, 5) is 12.5. The number of anilines is 1. The average molecular weight is 363 g/mol. The zero-order valence-electron chi connectivity index (χ0n) is 15.3. The Morgan fingerprint density at radius 2 is 1.67 bits per heavy atom. The highest BCUT2D eigenvalue weighted by Gasteiger charge is 2.12. The van der Waals surface area contributed by atoms with Gasteiger partial charge in [-0.05, 0) is 35.9 Å². The van der Waals surface area contributed by atoms with Crippen molar-refractivity contribution in [1.29, 1.82) is 0 Å². The van der Waals surface area contributed by atoms with Gasteiger partial charge in [0.05, 0.1) is 14.2 Å². The first-order chi connectivity index (χ1) is 13.2. The van der Waals surface area contributed by atoms with Crippen LogP contribution in [-0.2, 0) is 6.61 Å². The van der Waals surface area contributed by atoms with Crippen molar-refractivity contribution in [2.45, 2.75) is 6.61 Å². The van der Waals surface area contributed by atoms with E-state index < -0.39 is 0 Å². The predicted octanol–water partition coefficient (Wildman–Crippen LogP) is 4.54. The Balaban J connectivity index is 1.71. The Labute approximate surface area is 158 Å². The van der Waals surface area contributed by atoms with Crippen molar-refractivity contribution in [1.82, 2.24) is 0 Å². The molecule has 5 heteroatoms. The molecule has 0 radical (unpaired) electrons. The monoisotopic (exact) mass is 363 g/mol. The van der Waals surface area contributed by atoms with Crippen molar-refractivity contribution in [3.63, 3.8) is 0 Å². The fourth-order valence-corrected chi connectivity index (χ4v) is 2.57. The highest BCUT2D eigenvalue weighted by Crippen LogP contribution is 2.29. The molecule has 0 saturated heterocycles. The molecule has 0 unspecified atom stereocenters.